The maximum atomic E-state index is 12.5. The Kier molecular flexibility index (Phi) is 5.87. The standard InChI is InChI=1S/C19H28N2O3/c1-15-3-2-4-16(11-15)12-17-5-6-21(13-18(17)22)19(23)14-20-7-9-24-10-8-20/h2-4,11,17-18,22H,5-10,12-14H2,1H3/t17-,18-/m1/s1. The Bertz CT molecular complexity index is 557. The van der Waals surface area contributed by atoms with Crippen molar-refractivity contribution in [1.82, 2.24) is 9.80 Å². The van der Waals surface area contributed by atoms with E-state index in [9.17, 15) is 9.90 Å². The van der Waals surface area contributed by atoms with Gasteiger partial charge in [0.25, 0.3) is 0 Å². The number of ether oxygens (including phenoxy) is 1. The number of aliphatic hydroxyl groups is 1. The van der Waals surface area contributed by atoms with Crippen LogP contribution in [-0.4, -0.2) is 72.9 Å². The zero-order valence-electron chi connectivity index (χ0n) is 14.5. The SMILES string of the molecule is Cc1cccc(C[C@H]2CCN(C(=O)CN3CCOCC3)C[C@H]2O)c1. The third-order valence-electron chi connectivity index (χ3n) is 5.12. The lowest BCUT2D eigenvalue weighted by molar-refractivity contribution is -0.137. The summed E-state index contributed by atoms with van der Waals surface area (Å²) < 4.78 is 5.32. The fourth-order valence-electron chi connectivity index (χ4n) is 3.64. The summed E-state index contributed by atoms with van der Waals surface area (Å²) in [6.07, 6.45) is 1.31. The minimum atomic E-state index is -0.437. The molecular formula is C19H28N2O3. The molecule has 0 spiro atoms. The minimum absolute atomic E-state index is 0.130. The van der Waals surface area contributed by atoms with Crippen LogP contribution < -0.4 is 0 Å². The van der Waals surface area contributed by atoms with Crippen LogP contribution in [0.2, 0.25) is 0 Å². The molecular weight excluding hydrogens is 304 g/mol. The number of β-amino-alcohol motifs (C(OH)–C–C–N with tert-alkyl or cyclic N) is 1. The van der Waals surface area contributed by atoms with Crippen LogP contribution in [0, 0.1) is 12.8 Å². The van der Waals surface area contributed by atoms with Gasteiger partial charge >= 0.3 is 0 Å². The van der Waals surface area contributed by atoms with Crippen molar-refractivity contribution < 1.29 is 14.6 Å². The lowest BCUT2D eigenvalue weighted by atomic mass is 9.87. The van der Waals surface area contributed by atoms with Crippen molar-refractivity contribution in [3.63, 3.8) is 0 Å². The number of piperidine rings is 1. The molecule has 2 fully saturated rings. The highest BCUT2D eigenvalue weighted by Gasteiger charge is 2.30. The summed E-state index contributed by atoms with van der Waals surface area (Å²) in [6.45, 7) is 6.78. The first kappa shape index (κ1) is 17.4. The molecule has 0 saturated carbocycles. The number of amides is 1. The second kappa shape index (κ2) is 8.10. The number of aryl methyl sites for hydroxylation is 1. The van der Waals surface area contributed by atoms with Crippen LogP contribution in [0.25, 0.3) is 0 Å². The third kappa shape index (κ3) is 4.56. The van der Waals surface area contributed by atoms with Crippen LogP contribution >= 0.6 is 0 Å². The van der Waals surface area contributed by atoms with Crippen LogP contribution in [0.15, 0.2) is 24.3 Å². The molecule has 0 aliphatic carbocycles. The second-order valence-corrected chi connectivity index (χ2v) is 7.04. The Hall–Kier alpha value is -1.43. The topological polar surface area (TPSA) is 53.0 Å². The van der Waals surface area contributed by atoms with Gasteiger partial charge in [-0.05, 0) is 31.2 Å². The summed E-state index contributed by atoms with van der Waals surface area (Å²) in [6, 6.07) is 8.46. The average molecular weight is 332 g/mol. The van der Waals surface area contributed by atoms with Gasteiger partial charge in [-0.2, -0.15) is 0 Å². The highest BCUT2D eigenvalue weighted by molar-refractivity contribution is 5.78. The van der Waals surface area contributed by atoms with E-state index >= 15 is 0 Å². The Morgan fingerprint density at radius 2 is 2.08 bits per heavy atom. The number of rotatable bonds is 4. The van der Waals surface area contributed by atoms with Crippen molar-refractivity contribution in [2.75, 3.05) is 45.9 Å². The number of aliphatic hydroxyl groups excluding tert-OH is 1. The Morgan fingerprint density at radius 1 is 1.29 bits per heavy atom. The molecule has 3 rings (SSSR count). The van der Waals surface area contributed by atoms with Gasteiger partial charge in [0.2, 0.25) is 5.91 Å². The van der Waals surface area contributed by atoms with Gasteiger partial charge in [0.15, 0.2) is 0 Å². The number of likely N-dealkylation sites (tertiary alicyclic amines) is 1. The molecule has 132 valence electrons. The van der Waals surface area contributed by atoms with Gasteiger partial charge in [-0.15, -0.1) is 0 Å². The first-order valence-corrected chi connectivity index (χ1v) is 8.93. The van der Waals surface area contributed by atoms with Gasteiger partial charge in [0.1, 0.15) is 0 Å². The maximum absolute atomic E-state index is 12.5. The van der Waals surface area contributed by atoms with Gasteiger partial charge < -0.3 is 14.7 Å². The van der Waals surface area contributed by atoms with Crippen molar-refractivity contribution in [3.8, 4) is 0 Å². The monoisotopic (exact) mass is 332 g/mol. The molecule has 1 aromatic carbocycles. The Labute approximate surface area is 144 Å². The molecule has 5 heteroatoms. The Balaban J connectivity index is 1.50. The predicted octanol–water partition coefficient (Wildman–Crippen LogP) is 1.08. The first-order chi connectivity index (χ1) is 11.6. The molecule has 2 aliphatic heterocycles. The largest absolute Gasteiger partial charge is 0.391 e. The molecule has 1 amide bonds. The third-order valence-corrected chi connectivity index (χ3v) is 5.12. The van der Waals surface area contributed by atoms with E-state index in [-0.39, 0.29) is 11.8 Å². The Morgan fingerprint density at radius 3 is 2.79 bits per heavy atom. The smallest absolute Gasteiger partial charge is 0.236 e. The number of hydrogen-bond donors (Lipinski definition) is 1. The molecule has 1 aromatic rings. The lowest BCUT2D eigenvalue weighted by Gasteiger charge is -2.37. The number of hydrogen-bond acceptors (Lipinski definition) is 4. The van der Waals surface area contributed by atoms with Gasteiger partial charge in [0, 0.05) is 26.2 Å². The van der Waals surface area contributed by atoms with Crippen molar-refractivity contribution in [2.24, 2.45) is 5.92 Å². The van der Waals surface area contributed by atoms with Crippen LogP contribution in [0.3, 0.4) is 0 Å². The number of carbonyl (C=O) groups is 1. The lowest BCUT2D eigenvalue weighted by Crippen LogP contribution is -2.51. The van der Waals surface area contributed by atoms with E-state index < -0.39 is 6.10 Å². The van der Waals surface area contributed by atoms with Gasteiger partial charge in [0.05, 0.1) is 25.9 Å². The van der Waals surface area contributed by atoms with E-state index in [1.54, 1.807) is 0 Å². The summed E-state index contributed by atoms with van der Waals surface area (Å²) in [5, 5.41) is 10.5. The molecule has 2 aliphatic rings. The molecule has 0 radical (unpaired) electrons. The van der Waals surface area contributed by atoms with E-state index in [2.05, 4.69) is 36.1 Å². The molecule has 0 unspecified atom stereocenters. The predicted molar refractivity (Wildman–Crippen MR) is 92.8 cm³/mol. The fourth-order valence-corrected chi connectivity index (χ4v) is 3.64. The molecule has 2 saturated heterocycles. The van der Waals surface area contributed by atoms with Crippen molar-refractivity contribution in [2.45, 2.75) is 25.9 Å². The van der Waals surface area contributed by atoms with Crippen LogP contribution in [0.5, 0.6) is 0 Å². The maximum Gasteiger partial charge on any atom is 0.236 e. The van der Waals surface area contributed by atoms with Crippen molar-refractivity contribution >= 4 is 5.91 Å². The second-order valence-electron chi connectivity index (χ2n) is 7.04. The number of nitrogens with zero attached hydrogens (tertiary/aromatic N) is 2. The van der Waals surface area contributed by atoms with Crippen molar-refractivity contribution in [1.29, 1.82) is 0 Å². The molecule has 2 heterocycles. The van der Waals surface area contributed by atoms with E-state index in [1.807, 2.05) is 4.90 Å². The fraction of sp³-hybridized carbons (Fsp3) is 0.632. The molecule has 0 aromatic heterocycles. The average Bonchev–Trinajstić information content (AvgIpc) is 2.57. The number of carbonyl (C=O) groups excluding carboxylic acids is 1. The van der Waals surface area contributed by atoms with Crippen LogP contribution in [0.4, 0.5) is 0 Å². The van der Waals surface area contributed by atoms with E-state index in [0.29, 0.717) is 26.3 Å². The van der Waals surface area contributed by atoms with Crippen LogP contribution in [-0.2, 0) is 16.0 Å². The van der Waals surface area contributed by atoms with Crippen LogP contribution in [0.1, 0.15) is 17.5 Å². The molecule has 2 atom stereocenters. The van der Waals surface area contributed by atoms with E-state index in [1.165, 1.54) is 11.1 Å². The summed E-state index contributed by atoms with van der Waals surface area (Å²) in [7, 11) is 0. The van der Waals surface area contributed by atoms with E-state index in [4.69, 9.17) is 4.74 Å². The first-order valence-electron chi connectivity index (χ1n) is 8.93. The number of morpholine rings is 1. The summed E-state index contributed by atoms with van der Waals surface area (Å²) >= 11 is 0. The molecule has 5 nitrogen and oxygen atoms in total. The van der Waals surface area contributed by atoms with E-state index in [0.717, 1.165) is 32.5 Å². The van der Waals surface area contributed by atoms with Gasteiger partial charge in [-0.25, -0.2) is 0 Å². The minimum Gasteiger partial charge on any atom is -0.391 e. The van der Waals surface area contributed by atoms with Gasteiger partial charge in [-0.3, -0.25) is 9.69 Å². The van der Waals surface area contributed by atoms with Gasteiger partial charge in [-0.1, -0.05) is 29.8 Å². The normalized spacial score (nSPS) is 25.7. The molecule has 24 heavy (non-hydrogen) atoms. The highest BCUT2D eigenvalue weighted by atomic mass is 16.5. The number of benzene rings is 1. The zero-order chi connectivity index (χ0) is 16.9. The quantitative estimate of drug-likeness (QED) is 0.896. The summed E-state index contributed by atoms with van der Waals surface area (Å²) in [4.78, 5) is 16.4. The highest BCUT2D eigenvalue weighted by Crippen LogP contribution is 2.23. The molecule has 0 bridgehead atoms. The zero-order valence-corrected chi connectivity index (χ0v) is 14.5. The van der Waals surface area contributed by atoms with Crippen molar-refractivity contribution in [3.05, 3.63) is 35.4 Å². The molecule has 1 N–H and O–H groups in total. The summed E-state index contributed by atoms with van der Waals surface area (Å²) in [5.41, 5.74) is 2.52. The summed E-state index contributed by atoms with van der Waals surface area (Å²) in [5.74, 6) is 0.365.